The summed E-state index contributed by atoms with van der Waals surface area (Å²) >= 11 is 1.17. The summed E-state index contributed by atoms with van der Waals surface area (Å²) in [5, 5.41) is 3.06. The molecule has 2 aromatic carbocycles. The van der Waals surface area contributed by atoms with Crippen LogP contribution < -0.4 is 14.8 Å². The quantitative estimate of drug-likeness (QED) is 0.546. The van der Waals surface area contributed by atoms with Gasteiger partial charge in [-0.3, -0.25) is 4.79 Å². The first kappa shape index (κ1) is 20.6. The average molecular weight is 426 g/mol. The summed E-state index contributed by atoms with van der Waals surface area (Å²) in [4.78, 5) is 16.4. The molecule has 10 heteroatoms. The fraction of sp³-hybridized carbons (Fsp3) is 0.158. The van der Waals surface area contributed by atoms with E-state index in [1.807, 2.05) is 0 Å². The number of para-hydroxylation sites is 2. The Labute approximate surface area is 166 Å². The number of hydrogen-bond acceptors (Lipinski definition) is 5. The second-order valence-electron chi connectivity index (χ2n) is 5.72. The molecule has 29 heavy (non-hydrogen) atoms. The number of thiazole rings is 1. The number of nitrogens with zero attached hydrogens (tertiary/aromatic N) is 1. The number of benzene rings is 2. The molecule has 0 saturated heterocycles. The van der Waals surface area contributed by atoms with Crippen LogP contribution in [0.25, 0.3) is 11.3 Å². The van der Waals surface area contributed by atoms with E-state index < -0.39 is 31.1 Å². The monoisotopic (exact) mass is 426 g/mol. The lowest BCUT2D eigenvalue weighted by molar-refractivity contribution is -0.153. The Morgan fingerprint density at radius 2 is 1.69 bits per heavy atom. The van der Waals surface area contributed by atoms with Crippen LogP contribution in [0.1, 0.15) is 0 Å². The Morgan fingerprint density at radius 1 is 1.03 bits per heavy atom. The van der Waals surface area contributed by atoms with Crippen molar-refractivity contribution >= 4 is 22.2 Å². The van der Waals surface area contributed by atoms with Crippen molar-refractivity contribution in [1.82, 2.24) is 4.98 Å². The van der Waals surface area contributed by atoms with Crippen LogP contribution in [0.2, 0.25) is 0 Å². The summed E-state index contributed by atoms with van der Waals surface area (Å²) < 4.78 is 60.1. The predicted octanol–water partition coefficient (Wildman–Crippen LogP) is 4.91. The van der Waals surface area contributed by atoms with Crippen molar-refractivity contribution in [2.75, 3.05) is 18.5 Å². The first-order valence-electron chi connectivity index (χ1n) is 8.22. The Balaban J connectivity index is 1.62. The molecule has 3 aromatic rings. The Kier molecular flexibility index (Phi) is 6.32. The van der Waals surface area contributed by atoms with Crippen molar-refractivity contribution in [3.8, 4) is 22.8 Å². The highest BCUT2D eigenvalue weighted by Crippen LogP contribution is 2.31. The van der Waals surface area contributed by atoms with Gasteiger partial charge in [-0.05, 0) is 36.4 Å². The average Bonchev–Trinajstić information content (AvgIpc) is 3.13. The lowest BCUT2D eigenvalue weighted by atomic mass is 10.1. The van der Waals surface area contributed by atoms with E-state index in [1.54, 1.807) is 6.07 Å². The van der Waals surface area contributed by atoms with Gasteiger partial charge < -0.3 is 14.8 Å². The Bertz CT molecular complexity index is 974. The number of rotatable bonds is 7. The lowest BCUT2D eigenvalue weighted by Gasteiger charge is -2.13. The zero-order valence-electron chi connectivity index (χ0n) is 14.7. The summed E-state index contributed by atoms with van der Waals surface area (Å²) in [6.45, 7) is -1.92. The maximum Gasteiger partial charge on any atom is 0.422 e. The molecular weight excluding hydrogens is 412 g/mol. The molecular formula is C19H14F4N2O3S. The van der Waals surface area contributed by atoms with Gasteiger partial charge in [-0.1, -0.05) is 12.1 Å². The summed E-state index contributed by atoms with van der Waals surface area (Å²) in [5.74, 6) is -1.05. The minimum absolute atomic E-state index is 0.00922. The third-order valence-electron chi connectivity index (χ3n) is 3.54. The molecule has 1 heterocycles. The molecule has 1 N–H and O–H groups in total. The topological polar surface area (TPSA) is 60.5 Å². The summed E-state index contributed by atoms with van der Waals surface area (Å²) in [5.41, 5.74) is 2.61. The number of nitrogens with one attached hydrogen (secondary N) is 1. The largest absolute Gasteiger partial charge is 0.480 e. The number of carbonyl (C=O) groups is 1. The molecule has 0 aliphatic carbocycles. The van der Waals surface area contributed by atoms with Gasteiger partial charge in [0.25, 0.3) is 5.91 Å². The third-order valence-corrected chi connectivity index (χ3v) is 4.28. The zero-order chi connectivity index (χ0) is 20.9. The molecule has 0 fully saturated rings. The second-order valence-corrected chi connectivity index (χ2v) is 6.58. The minimum atomic E-state index is -4.49. The second kappa shape index (κ2) is 8.91. The number of amides is 1. The van der Waals surface area contributed by atoms with Gasteiger partial charge in [-0.2, -0.15) is 13.2 Å². The number of carbonyl (C=O) groups excluding carboxylic acids is 1. The van der Waals surface area contributed by atoms with Crippen LogP contribution in [-0.2, 0) is 4.79 Å². The molecule has 152 valence electrons. The fourth-order valence-corrected chi connectivity index (χ4v) is 3.02. The van der Waals surface area contributed by atoms with E-state index in [9.17, 15) is 22.4 Å². The smallest absolute Gasteiger partial charge is 0.422 e. The maximum atomic E-state index is 13.1. The molecule has 0 radical (unpaired) electrons. The molecule has 0 aliphatic heterocycles. The van der Waals surface area contributed by atoms with E-state index in [1.165, 1.54) is 59.3 Å². The van der Waals surface area contributed by atoms with E-state index in [0.717, 1.165) is 0 Å². The maximum absolute atomic E-state index is 13.1. The van der Waals surface area contributed by atoms with E-state index >= 15 is 0 Å². The Hall–Kier alpha value is -3.14. The van der Waals surface area contributed by atoms with Gasteiger partial charge in [0.2, 0.25) is 0 Å². The summed E-state index contributed by atoms with van der Waals surface area (Å²) in [7, 11) is 0. The van der Waals surface area contributed by atoms with Gasteiger partial charge in [0.1, 0.15) is 16.5 Å². The number of anilines is 1. The van der Waals surface area contributed by atoms with Crippen molar-refractivity contribution < 1.29 is 31.8 Å². The van der Waals surface area contributed by atoms with Crippen LogP contribution in [0, 0.1) is 5.82 Å². The van der Waals surface area contributed by atoms with Crippen LogP contribution in [0.4, 0.5) is 22.6 Å². The van der Waals surface area contributed by atoms with Crippen LogP contribution in [0.3, 0.4) is 0 Å². The number of aromatic nitrogens is 1. The standard InChI is InChI=1S/C19H14F4N2O3S/c20-13-7-5-12(6-8-13)17-18(29-11-24-17)25-16(26)9-27-14-3-1-2-4-15(14)28-10-19(21,22)23/h1-8,11H,9-10H2,(H,25,26). The minimum Gasteiger partial charge on any atom is -0.480 e. The molecule has 0 atom stereocenters. The van der Waals surface area contributed by atoms with Crippen LogP contribution in [-0.4, -0.2) is 30.3 Å². The van der Waals surface area contributed by atoms with Crippen molar-refractivity contribution in [3.63, 3.8) is 0 Å². The van der Waals surface area contributed by atoms with Crippen molar-refractivity contribution in [3.05, 3.63) is 59.9 Å². The van der Waals surface area contributed by atoms with Gasteiger partial charge in [0.15, 0.2) is 24.7 Å². The predicted molar refractivity (Wildman–Crippen MR) is 99.6 cm³/mol. The van der Waals surface area contributed by atoms with Crippen molar-refractivity contribution in [2.45, 2.75) is 6.18 Å². The molecule has 1 aromatic heterocycles. The molecule has 5 nitrogen and oxygen atoms in total. The lowest BCUT2D eigenvalue weighted by Crippen LogP contribution is -2.21. The van der Waals surface area contributed by atoms with Crippen molar-refractivity contribution in [1.29, 1.82) is 0 Å². The van der Waals surface area contributed by atoms with E-state index in [-0.39, 0.29) is 11.5 Å². The highest BCUT2D eigenvalue weighted by molar-refractivity contribution is 7.14. The first-order chi connectivity index (χ1) is 13.8. The molecule has 0 unspecified atom stereocenters. The van der Waals surface area contributed by atoms with E-state index in [4.69, 9.17) is 9.47 Å². The highest BCUT2D eigenvalue weighted by Gasteiger charge is 2.29. The number of ether oxygens (including phenoxy) is 2. The Morgan fingerprint density at radius 3 is 2.34 bits per heavy atom. The molecule has 0 aliphatic rings. The first-order valence-corrected chi connectivity index (χ1v) is 9.10. The van der Waals surface area contributed by atoms with Crippen molar-refractivity contribution in [2.24, 2.45) is 0 Å². The molecule has 0 saturated carbocycles. The van der Waals surface area contributed by atoms with Gasteiger partial charge in [-0.15, -0.1) is 11.3 Å². The van der Waals surface area contributed by atoms with Gasteiger partial charge in [-0.25, -0.2) is 9.37 Å². The van der Waals surface area contributed by atoms with E-state index in [2.05, 4.69) is 10.3 Å². The molecule has 1 amide bonds. The molecule has 3 rings (SSSR count). The van der Waals surface area contributed by atoms with Gasteiger partial charge in [0, 0.05) is 5.56 Å². The number of hydrogen-bond donors (Lipinski definition) is 1. The summed E-state index contributed by atoms with van der Waals surface area (Å²) in [6.07, 6.45) is -4.49. The number of alkyl halides is 3. The molecule has 0 spiro atoms. The molecule has 0 bridgehead atoms. The fourth-order valence-electron chi connectivity index (χ4n) is 2.30. The van der Waals surface area contributed by atoms with E-state index in [0.29, 0.717) is 16.3 Å². The van der Waals surface area contributed by atoms with Crippen LogP contribution >= 0.6 is 11.3 Å². The van der Waals surface area contributed by atoms with Crippen LogP contribution in [0.5, 0.6) is 11.5 Å². The summed E-state index contributed by atoms with van der Waals surface area (Å²) in [6, 6.07) is 11.4. The SMILES string of the molecule is O=C(COc1ccccc1OCC(F)(F)F)Nc1scnc1-c1ccc(F)cc1. The van der Waals surface area contributed by atoms with Gasteiger partial charge >= 0.3 is 6.18 Å². The zero-order valence-corrected chi connectivity index (χ0v) is 15.5. The highest BCUT2D eigenvalue weighted by atomic mass is 32.1. The normalized spacial score (nSPS) is 11.2. The third kappa shape index (κ3) is 5.92. The number of halogens is 4. The van der Waals surface area contributed by atoms with Crippen LogP contribution in [0.15, 0.2) is 54.0 Å². The van der Waals surface area contributed by atoms with Gasteiger partial charge in [0.05, 0.1) is 5.51 Å².